The summed E-state index contributed by atoms with van der Waals surface area (Å²) in [6, 6.07) is 0. The fourth-order valence-corrected chi connectivity index (χ4v) is 2.66. The Kier molecular flexibility index (Phi) is 11.6. The van der Waals surface area contributed by atoms with Crippen LogP contribution in [-0.4, -0.2) is 6.72 Å². The van der Waals surface area contributed by atoms with E-state index in [9.17, 15) is 0 Å². The Bertz CT molecular complexity index is 498. The summed E-state index contributed by atoms with van der Waals surface area (Å²) >= 11 is 0. The van der Waals surface area contributed by atoms with Gasteiger partial charge in [-0.1, -0.05) is 70.6 Å². The second kappa shape index (κ2) is 12.6. The molecule has 0 amide bonds. The molecule has 0 bridgehead atoms. The lowest BCUT2D eigenvalue weighted by Crippen LogP contribution is -2.22. The van der Waals surface area contributed by atoms with Crippen LogP contribution in [0.1, 0.15) is 60.3 Å². The van der Waals surface area contributed by atoms with E-state index in [-0.39, 0.29) is 0 Å². The molecule has 0 heterocycles. The summed E-state index contributed by atoms with van der Waals surface area (Å²) < 4.78 is 0. The van der Waals surface area contributed by atoms with Crippen LogP contribution in [0.2, 0.25) is 0 Å². The molecule has 2 nitrogen and oxygen atoms in total. The van der Waals surface area contributed by atoms with E-state index in [4.69, 9.17) is 0 Å². The van der Waals surface area contributed by atoms with Crippen LogP contribution in [0, 0.1) is 11.8 Å². The molecule has 0 radical (unpaired) electrons. The molecule has 1 aliphatic carbocycles. The molecule has 0 aromatic carbocycles. The highest BCUT2D eigenvalue weighted by molar-refractivity contribution is 5.42. The van der Waals surface area contributed by atoms with Gasteiger partial charge in [0.2, 0.25) is 0 Å². The zero-order valence-corrected chi connectivity index (χ0v) is 16.4. The Morgan fingerprint density at radius 1 is 1.12 bits per heavy atom. The predicted molar refractivity (Wildman–Crippen MR) is 110 cm³/mol. The number of aliphatic imine (C=N–C) groups is 1. The minimum Gasteiger partial charge on any atom is -0.344 e. The molecule has 0 saturated heterocycles. The third-order valence-corrected chi connectivity index (χ3v) is 4.22. The molecular formula is C22H36N2. The van der Waals surface area contributed by atoms with Gasteiger partial charge in [-0.05, 0) is 56.9 Å². The highest BCUT2D eigenvalue weighted by atomic mass is 15.0. The summed E-state index contributed by atoms with van der Waals surface area (Å²) in [6.45, 7) is 22.2. The van der Waals surface area contributed by atoms with Crippen LogP contribution in [0.15, 0.2) is 65.1 Å². The van der Waals surface area contributed by atoms with E-state index in [1.165, 1.54) is 25.7 Å². The molecule has 0 aromatic heterocycles. The molecule has 1 saturated carbocycles. The molecule has 0 atom stereocenters. The summed E-state index contributed by atoms with van der Waals surface area (Å²) in [6.07, 6.45) is 13.0. The van der Waals surface area contributed by atoms with Crippen molar-refractivity contribution in [2.75, 3.05) is 0 Å². The standard InChI is InChI=1S/C20H30N2.C2H6/c1-7-8-9-19(15(2)3)14-20(21-6)22-17(5)18-12-10-16(4)11-13-18;1-2/h7-9,14,16,18,22H,2,5-6,10-13H2,1,3-4H3;1-2H3/b8-7-,19-9-,20-14+;. The van der Waals surface area contributed by atoms with Crippen molar-refractivity contribution in [2.45, 2.75) is 60.3 Å². The molecule has 1 N–H and O–H groups in total. The summed E-state index contributed by atoms with van der Waals surface area (Å²) in [7, 11) is 0. The van der Waals surface area contributed by atoms with Gasteiger partial charge in [-0.2, -0.15) is 0 Å². The molecule has 0 spiro atoms. The molecule has 0 aliphatic heterocycles. The first-order valence-electron chi connectivity index (χ1n) is 9.11. The molecule has 24 heavy (non-hydrogen) atoms. The molecule has 2 heteroatoms. The monoisotopic (exact) mass is 328 g/mol. The van der Waals surface area contributed by atoms with Crippen LogP contribution in [0.3, 0.4) is 0 Å². The zero-order valence-electron chi connectivity index (χ0n) is 16.4. The lowest BCUT2D eigenvalue weighted by Gasteiger charge is -2.28. The summed E-state index contributed by atoms with van der Waals surface area (Å²) in [4.78, 5) is 4.10. The lowest BCUT2D eigenvalue weighted by molar-refractivity contribution is 0.314. The van der Waals surface area contributed by atoms with E-state index in [0.717, 1.165) is 28.6 Å². The van der Waals surface area contributed by atoms with Gasteiger partial charge < -0.3 is 5.32 Å². The maximum Gasteiger partial charge on any atom is 0.129 e. The average molecular weight is 329 g/mol. The number of allylic oxidation sites excluding steroid dienone is 7. The number of rotatable bonds is 7. The van der Waals surface area contributed by atoms with Crippen molar-refractivity contribution in [3.63, 3.8) is 0 Å². The molecule has 1 rings (SSSR count). The van der Waals surface area contributed by atoms with Gasteiger partial charge in [-0.3, -0.25) is 0 Å². The van der Waals surface area contributed by atoms with Gasteiger partial charge >= 0.3 is 0 Å². The number of nitrogens with one attached hydrogen (secondary N) is 1. The van der Waals surface area contributed by atoms with Gasteiger partial charge in [0.05, 0.1) is 0 Å². The third kappa shape index (κ3) is 8.14. The second-order valence-electron chi connectivity index (χ2n) is 6.22. The average Bonchev–Trinajstić information content (AvgIpc) is 2.59. The van der Waals surface area contributed by atoms with Crippen molar-refractivity contribution in [1.82, 2.24) is 5.32 Å². The first-order valence-corrected chi connectivity index (χ1v) is 9.11. The summed E-state index contributed by atoms with van der Waals surface area (Å²) in [5.41, 5.74) is 3.09. The van der Waals surface area contributed by atoms with Crippen LogP contribution in [-0.2, 0) is 0 Å². The number of nitrogens with zero attached hydrogens (tertiary/aromatic N) is 1. The van der Waals surface area contributed by atoms with E-state index in [2.05, 4.69) is 37.1 Å². The van der Waals surface area contributed by atoms with Crippen molar-refractivity contribution in [3.8, 4) is 0 Å². The Labute approximate surface area is 149 Å². The Morgan fingerprint density at radius 3 is 2.17 bits per heavy atom. The fourth-order valence-electron chi connectivity index (χ4n) is 2.66. The van der Waals surface area contributed by atoms with E-state index >= 15 is 0 Å². The van der Waals surface area contributed by atoms with Crippen LogP contribution < -0.4 is 5.32 Å². The van der Waals surface area contributed by atoms with Crippen LogP contribution in [0.5, 0.6) is 0 Å². The normalized spacial score (nSPS) is 21.7. The molecule has 1 fully saturated rings. The van der Waals surface area contributed by atoms with Crippen molar-refractivity contribution in [3.05, 3.63) is 60.1 Å². The van der Waals surface area contributed by atoms with Crippen molar-refractivity contribution in [1.29, 1.82) is 0 Å². The highest BCUT2D eigenvalue weighted by Crippen LogP contribution is 2.31. The molecule has 1 aliphatic rings. The lowest BCUT2D eigenvalue weighted by atomic mass is 9.81. The minimum absolute atomic E-state index is 0.536. The smallest absolute Gasteiger partial charge is 0.129 e. The topological polar surface area (TPSA) is 24.4 Å². The van der Waals surface area contributed by atoms with Crippen LogP contribution >= 0.6 is 0 Å². The number of hydrogen-bond acceptors (Lipinski definition) is 2. The maximum atomic E-state index is 4.21. The fraction of sp³-hybridized carbons (Fsp3) is 0.500. The van der Waals surface area contributed by atoms with E-state index < -0.39 is 0 Å². The number of hydrogen-bond donors (Lipinski definition) is 1. The van der Waals surface area contributed by atoms with Gasteiger partial charge in [0.15, 0.2) is 0 Å². The maximum absolute atomic E-state index is 4.21. The predicted octanol–water partition coefficient (Wildman–Crippen LogP) is 6.56. The van der Waals surface area contributed by atoms with E-state index in [1.54, 1.807) is 0 Å². The SMILES string of the molecule is C=N\C(=C/C(=C/C=C\C)C(=C)C)NC(=C)C1CCC(C)CC1.CC. The first-order chi connectivity index (χ1) is 11.5. The van der Waals surface area contributed by atoms with Gasteiger partial charge in [0.1, 0.15) is 5.82 Å². The van der Waals surface area contributed by atoms with E-state index in [0.29, 0.717) is 5.92 Å². The van der Waals surface area contributed by atoms with Gasteiger partial charge in [-0.15, -0.1) is 0 Å². The van der Waals surface area contributed by atoms with Crippen molar-refractivity contribution >= 4 is 6.72 Å². The Hall–Kier alpha value is -1.83. The van der Waals surface area contributed by atoms with Crippen molar-refractivity contribution < 1.29 is 0 Å². The molecule has 134 valence electrons. The van der Waals surface area contributed by atoms with Crippen LogP contribution in [0.4, 0.5) is 0 Å². The summed E-state index contributed by atoms with van der Waals surface area (Å²) in [5, 5.41) is 3.34. The quantitative estimate of drug-likeness (QED) is 0.415. The van der Waals surface area contributed by atoms with E-state index in [1.807, 2.05) is 52.0 Å². The highest BCUT2D eigenvalue weighted by Gasteiger charge is 2.20. The van der Waals surface area contributed by atoms with Crippen LogP contribution in [0.25, 0.3) is 0 Å². The summed E-state index contributed by atoms with van der Waals surface area (Å²) in [5.74, 6) is 2.12. The van der Waals surface area contributed by atoms with Gasteiger partial charge in [-0.25, -0.2) is 4.99 Å². The molecular weight excluding hydrogens is 292 g/mol. The van der Waals surface area contributed by atoms with Crippen molar-refractivity contribution in [2.24, 2.45) is 16.8 Å². The Balaban J connectivity index is 0.00000254. The molecule has 0 aromatic rings. The minimum atomic E-state index is 0.536. The van der Waals surface area contributed by atoms with Gasteiger partial charge in [0, 0.05) is 5.70 Å². The third-order valence-electron chi connectivity index (χ3n) is 4.22. The Morgan fingerprint density at radius 2 is 1.71 bits per heavy atom. The first kappa shape index (κ1) is 22.2. The zero-order chi connectivity index (χ0) is 18.5. The second-order valence-corrected chi connectivity index (χ2v) is 6.22. The molecule has 0 unspecified atom stereocenters. The largest absolute Gasteiger partial charge is 0.344 e. The van der Waals surface area contributed by atoms with Gasteiger partial charge in [0.25, 0.3) is 0 Å².